The molecule has 4 aromatic rings. The van der Waals surface area contributed by atoms with E-state index in [-0.39, 0.29) is 22.9 Å². The topological polar surface area (TPSA) is 109 Å². The van der Waals surface area contributed by atoms with Gasteiger partial charge in [0, 0.05) is 35.0 Å². The van der Waals surface area contributed by atoms with Crippen molar-refractivity contribution in [2.24, 2.45) is 0 Å². The Hall–Kier alpha value is -4.39. The molecule has 1 atom stereocenters. The SMILES string of the molecule is CNC(=O)c1cccc(-c2oc3c(C(C)Nc4ccccc4C(=O)O)cc(C)cc3c(=O)c2C)c1. The average Bonchev–Trinajstić information content (AvgIpc) is 2.85. The number of aromatic carboxylic acids is 1. The molecule has 4 rings (SSSR count). The average molecular weight is 471 g/mol. The third-order valence-corrected chi connectivity index (χ3v) is 6.00. The maximum Gasteiger partial charge on any atom is 0.337 e. The van der Waals surface area contributed by atoms with E-state index in [9.17, 15) is 19.5 Å². The lowest BCUT2D eigenvalue weighted by Gasteiger charge is -2.20. The maximum atomic E-state index is 13.4. The minimum atomic E-state index is -1.03. The second-order valence-electron chi connectivity index (χ2n) is 8.49. The molecule has 178 valence electrons. The van der Waals surface area contributed by atoms with Crippen molar-refractivity contribution in [3.05, 3.63) is 98.7 Å². The van der Waals surface area contributed by atoms with Crippen LogP contribution in [0.25, 0.3) is 22.3 Å². The van der Waals surface area contributed by atoms with Crippen molar-refractivity contribution in [2.45, 2.75) is 26.8 Å². The van der Waals surface area contributed by atoms with Gasteiger partial charge in [-0.3, -0.25) is 9.59 Å². The molecule has 0 aliphatic carbocycles. The van der Waals surface area contributed by atoms with E-state index in [1.165, 1.54) is 6.07 Å². The molecule has 1 unspecified atom stereocenters. The lowest BCUT2D eigenvalue weighted by molar-refractivity contribution is 0.0697. The van der Waals surface area contributed by atoms with Crippen LogP contribution in [0.2, 0.25) is 0 Å². The van der Waals surface area contributed by atoms with E-state index in [4.69, 9.17) is 4.42 Å². The lowest BCUT2D eigenvalue weighted by Crippen LogP contribution is -2.17. The predicted octanol–water partition coefficient (Wildman–Crippen LogP) is 5.31. The van der Waals surface area contributed by atoms with Crippen LogP contribution >= 0.6 is 0 Å². The van der Waals surface area contributed by atoms with Crippen molar-refractivity contribution in [1.82, 2.24) is 5.32 Å². The normalized spacial score (nSPS) is 11.8. The molecule has 1 aromatic heterocycles. The van der Waals surface area contributed by atoms with Crippen molar-refractivity contribution in [3.63, 3.8) is 0 Å². The number of para-hydroxylation sites is 1. The van der Waals surface area contributed by atoms with Gasteiger partial charge in [-0.15, -0.1) is 0 Å². The summed E-state index contributed by atoms with van der Waals surface area (Å²) in [6.45, 7) is 5.49. The number of aryl methyl sites for hydroxylation is 1. The highest BCUT2D eigenvalue weighted by Gasteiger charge is 2.20. The third-order valence-electron chi connectivity index (χ3n) is 6.00. The molecular weight excluding hydrogens is 444 g/mol. The molecule has 3 N–H and O–H groups in total. The summed E-state index contributed by atoms with van der Waals surface area (Å²) in [5, 5.41) is 15.9. The van der Waals surface area contributed by atoms with Crippen LogP contribution in [0.5, 0.6) is 0 Å². The molecule has 0 radical (unpaired) electrons. The van der Waals surface area contributed by atoms with Gasteiger partial charge in [-0.05, 0) is 56.7 Å². The molecule has 7 heteroatoms. The second-order valence-corrected chi connectivity index (χ2v) is 8.49. The van der Waals surface area contributed by atoms with Crippen molar-refractivity contribution in [2.75, 3.05) is 12.4 Å². The molecule has 0 fully saturated rings. The molecule has 0 bridgehead atoms. The zero-order valence-corrected chi connectivity index (χ0v) is 19.9. The number of anilines is 1. The Kier molecular flexibility index (Phi) is 6.42. The first kappa shape index (κ1) is 23.8. The fourth-order valence-corrected chi connectivity index (χ4v) is 4.22. The third kappa shape index (κ3) is 4.53. The summed E-state index contributed by atoms with van der Waals surface area (Å²) in [7, 11) is 1.56. The largest absolute Gasteiger partial charge is 0.478 e. The fraction of sp³-hybridized carbons (Fsp3) is 0.179. The van der Waals surface area contributed by atoms with Gasteiger partial charge in [0.1, 0.15) is 11.3 Å². The van der Waals surface area contributed by atoms with E-state index in [2.05, 4.69) is 10.6 Å². The highest BCUT2D eigenvalue weighted by Crippen LogP contribution is 2.33. The molecule has 3 aromatic carbocycles. The summed E-state index contributed by atoms with van der Waals surface area (Å²) in [6, 6.07) is 16.9. The number of rotatable bonds is 6. The van der Waals surface area contributed by atoms with E-state index < -0.39 is 5.97 Å². The van der Waals surface area contributed by atoms with Gasteiger partial charge in [0.2, 0.25) is 0 Å². The van der Waals surface area contributed by atoms with Crippen LogP contribution in [0.4, 0.5) is 5.69 Å². The monoisotopic (exact) mass is 470 g/mol. The summed E-state index contributed by atoms with van der Waals surface area (Å²) in [6.07, 6.45) is 0. The smallest absolute Gasteiger partial charge is 0.337 e. The molecule has 1 heterocycles. The Labute approximate surface area is 202 Å². The van der Waals surface area contributed by atoms with E-state index >= 15 is 0 Å². The first-order valence-electron chi connectivity index (χ1n) is 11.2. The zero-order valence-electron chi connectivity index (χ0n) is 19.9. The molecule has 0 aliphatic heterocycles. The van der Waals surface area contributed by atoms with Gasteiger partial charge in [-0.2, -0.15) is 0 Å². The van der Waals surface area contributed by atoms with E-state index in [1.807, 2.05) is 19.9 Å². The summed E-state index contributed by atoms with van der Waals surface area (Å²) in [5.74, 6) is -0.884. The van der Waals surface area contributed by atoms with Gasteiger partial charge in [-0.25, -0.2) is 4.79 Å². The van der Waals surface area contributed by atoms with Gasteiger partial charge in [0.25, 0.3) is 5.91 Å². The van der Waals surface area contributed by atoms with E-state index in [0.29, 0.717) is 39.1 Å². The number of hydrogen-bond acceptors (Lipinski definition) is 5. The van der Waals surface area contributed by atoms with Crippen molar-refractivity contribution < 1.29 is 19.1 Å². The standard InChI is InChI=1S/C28H26N2O5/c1-15-12-21(17(3)30-23-11-6-5-10-20(23)28(33)34)26-22(13-15)24(31)16(2)25(35-26)18-8-7-9-19(14-18)27(32)29-4/h5-14,17,30H,1-4H3,(H,29,32)(H,33,34). The summed E-state index contributed by atoms with van der Waals surface area (Å²) in [4.78, 5) is 37.2. The van der Waals surface area contributed by atoms with E-state index in [0.717, 1.165) is 11.1 Å². The number of carboxylic acids is 1. The van der Waals surface area contributed by atoms with Crippen LogP contribution < -0.4 is 16.1 Å². The Morgan fingerprint density at radius 1 is 1.00 bits per heavy atom. The highest BCUT2D eigenvalue weighted by atomic mass is 16.4. The minimum Gasteiger partial charge on any atom is -0.478 e. The Morgan fingerprint density at radius 2 is 1.74 bits per heavy atom. The molecule has 0 saturated heterocycles. The second kappa shape index (κ2) is 9.46. The quantitative estimate of drug-likeness (QED) is 0.353. The summed E-state index contributed by atoms with van der Waals surface area (Å²) < 4.78 is 6.36. The Morgan fingerprint density at radius 3 is 2.46 bits per heavy atom. The maximum absolute atomic E-state index is 13.4. The van der Waals surface area contributed by atoms with Crippen molar-refractivity contribution in [3.8, 4) is 11.3 Å². The number of benzene rings is 3. The Balaban J connectivity index is 1.89. The fourth-order valence-electron chi connectivity index (χ4n) is 4.22. The number of fused-ring (bicyclic) bond motifs is 1. The molecule has 0 saturated carbocycles. The van der Waals surface area contributed by atoms with Crippen LogP contribution in [0.1, 0.15) is 50.4 Å². The summed E-state index contributed by atoms with van der Waals surface area (Å²) >= 11 is 0. The minimum absolute atomic E-state index is 0.153. The van der Waals surface area contributed by atoms with Crippen LogP contribution in [-0.4, -0.2) is 24.0 Å². The first-order chi connectivity index (χ1) is 16.7. The first-order valence-corrected chi connectivity index (χ1v) is 11.2. The van der Waals surface area contributed by atoms with Crippen molar-refractivity contribution >= 4 is 28.5 Å². The molecule has 35 heavy (non-hydrogen) atoms. The number of nitrogens with one attached hydrogen (secondary N) is 2. The molecule has 1 amide bonds. The number of amides is 1. The van der Waals surface area contributed by atoms with Crippen LogP contribution in [-0.2, 0) is 0 Å². The van der Waals surface area contributed by atoms with Crippen LogP contribution in [0.3, 0.4) is 0 Å². The van der Waals surface area contributed by atoms with Crippen LogP contribution in [0.15, 0.2) is 69.9 Å². The van der Waals surface area contributed by atoms with Gasteiger partial charge in [-0.1, -0.05) is 30.3 Å². The molecular formula is C28H26N2O5. The highest BCUT2D eigenvalue weighted by molar-refractivity contribution is 5.96. The zero-order chi connectivity index (χ0) is 25.3. The van der Waals surface area contributed by atoms with Gasteiger partial charge < -0.3 is 20.2 Å². The number of carbonyl (C=O) groups excluding carboxylic acids is 1. The van der Waals surface area contributed by atoms with Gasteiger partial charge in [0.15, 0.2) is 5.43 Å². The molecule has 0 aliphatic rings. The summed E-state index contributed by atoms with van der Waals surface area (Å²) in [5.41, 5.74) is 4.00. The van der Waals surface area contributed by atoms with Gasteiger partial charge in [0.05, 0.1) is 17.0 Å². The number of carbonyl (C=O) groups is 2. The Bertz CT molecular complexity index is 1520. The van der Waals surface area contributed by atoms with Gasteiger partial charge >= 0.3 is 5.97 Å². The lowest BCUT2D eigenvalue weighted by atomic mass is 9.98. The molecule has 0 spiro atoms. The molecule has 7 nitrogen and oxygen atoms in total. The van der Waals surface area contributed by atoms with E-state index in [1.54, 1.807) is 62.5 Å². The number of carboxylic acid groups (broad SMARTS) is 1. The number of hydrogen-bond donors (Lipinski definition) is 3. The van der Waals surface area contributed by atoms with Crippen LogP contribution in [0, 0.1) is 13.8 Å². The van der Waals surface area contributed by atoms with Crippen molar-refractivity contribution in [1.29, 1.82) is 0 Å². The predicted molar refractivity (Wildman–Crippen MR) is 136 cm³/mol.